The average molecular weight is 400 g/mol. The maximum atomic E-state index is 11.6. The fourth-order valence-electron chi connectivity index (χ4n) is 3.39. The summed E-state index contributed by atoms with van der Waals surface area (Å²) in [5, 5.41) is 25.6. The number of aromatic nitrogens is 7. The first kappa shape index (κ1) is 19.0. The molecule has 5 heterocycles. The Labute approximate surface area is 162 Å². The van der Waals surface area contributed by atoms with Gasteiger partial charge in [0.25, 0.3) is 11.1 Å². The Bertz CT molecular complexity index is 1230. The summed E-state index contributed by atoms with van der Waals surface area (Å²) in [5.74, 6) is -0.0958. The van der Waals surface area contributed by atoms with Gasteiger partial charge in [0.2, 0.25) is 0 Å². The number of fused-ring (bicyclic) bond motifs is 2. The van der Waals surface area contributed by atoms with Gasteiger partial charge >= 0.3 is 0 Å². The minimum Gasteiger partial charge on any atom is -0.396 e. The number of hydrogen-bond acceptors (Lipinski definition) is 8. The van der Waals surface area contributed by atoms with Gasteiger partial charge in [0.15, 0.2) is 5.65 Å². The first-order valence-electron chi connectivity index (χ1n) is 8.98. The summed E-state index contributed by atoms with van der Waals surface area (Å²) in [4.78, 5) is 40.4. The van der Waals surface area contributed by atoms with Crippen molar-refractivity contribution in [2.75, 3.05) is 19.7 Å². The third-order valence-corrected chi connectivity index (χ3v) is 4.91. The fourth-order valence-corrected chi connectivity index (χ4v) is 3.39. The molecular formula is C17H20N8O4. The molecule has 4 aromatic rings. The Morgan fingerprint density at radius 1 is 1.10 bits per heavy atom. The number of nitrogens with zero attached hydrogens (tertiary/aromatic N) is 4. The quantitative estimate of drug-likeness (QED) is 0.245. The number of β-amino-alcohol motifs (C(OH)–C–C–N with tert-alkyl or cyclic N) is 1. The van der Waals surface area contributed by atoms with Gasteiger partial charge in [-0.2, -0.15) is 5.10 Å². The molecule has 0 unspecified atom stereocenters. The highest BCUT2D eigenvalue weighted by atomic mass is 16.3. The fraction of sp³-hybridized carbons (Fsp3) is 0.353. The molecule has 12 nitrogen and oxygen atoms in total. The van der Waals surface area contributed by atoms with Crippen LogP contribution in [0.3, 0.4) is 0 Å². The zero-order valence-electron chi connectivity index (χ0n) is 15.3. The molecule has 4 aromatic heterocycles. The maximum absolute atomic E-state index is 11.6. The van der Waals surface area contributed by atoms with E-state index in [0.717, 1.165) is 5.56 Å². The van der Waals surface area contributed by atoms with Crippen LogP contribution in [0.1, 0.15) is 5.56 Å². The molecule has 6 N–H and O–H groups in total. The van der Waals surface area contributed by atoms with Crippen LogP contribution in [0.5, 0.6) is 0 Å². The van der Waals surface area contributed by atoms with Crippen molar-refractivity contribution in [2.45, 2.75) is 12.6 Å². The van der Waals surface area contributed by atoms with Crippen LogP contribution in [0.2, 0.25) is 0 Å². The lowest BCUT2D eigenvalue weighted by atomic mass is 10.1. The second kappa shape index (κ2) is 7.95. The maximum Gasteiger partial charge on any atom is 0.275 e. The van der Waals surface area contributed by atoms with E-state index in [9.17, 15) is 14.7 Å². The first-order valence-corrected chi connectivity index (χ1v) is 8.98. The highest BCUT2D eigenvalue weighted by molar-refractivity contribution is 5.77. The zero-order chi connectivity index (χ0) is 20.4. The lowest BCUT2D eigenvalue weighted by Gasteiger charge is -2.13. The summed E-state index contributed by atoms with van der Waals surface area (Å²) in [6, 6.07) is 0. The summed E-state index contributed by atoms with van der Waals surface area (Å²) < 4.78 is 0. The molecule has 5 rings (SSSR count). The standard InChI is InChI=1S/C12H16N4O3.C5H4N4O/c17-5-8-3-16(4-9(8)18)2-7-1-13-11-10(7)14-6-15-12(11)19;10-5-3-1-8-9-4(3)6-2-7-5/h1,6,8-9,13,17-18H,2-5H2,(H,14,15,19);1-2H,(H2,6,7,8,9,10)/t8-,9+;/m1./s1. The SMILES string of the molecule is O=c1[nH]cnc2[nH]ncc12.O=c1[nH]cnc2c(CN3C[C@H](CO)[C@@H](O)C3)c[nH]c12. The van der Waals surface area contributed by atoms with Crippen LogP contribution in [-0.4, -0.2) is 76.0 Å². The third kappa shape index (κ3) is 3.81. The number of H-pyrrole nitrogens is 4. The van der Waals surface area contributed by atoms with Crippen molar-refractivity contribution in [3.63, 3.8) is 0 Å². The summed E-state index contributed by atoms with van der Waals surface area (Å²) >= 11 is 0. The number of hydrogen-bond donors (Lipinski definition) is 6. The van der Waals surface area contributed by atoms with Crippen LogP contribution in [-0.2, 0) is 6.54 Å². The van der Waals surface area contributed by atoms with Gasteiger partial charge in [0.05, 0.1) is 30.5 Å². The van der Waals surface area contributed by atoms with E-state index in [1.165, 1.54) is 18.9 Å². The van der Waals surface area contributed by atoms with Crippen molar-refractivity contribution in [1.29, 1.82) is 0 Å². The van der Waals surface area contributed by atoms with Crippen LogP contribution in [0.4, 0.5) is 0 Å². The van der Waals surface area contributed by atoms with Crippen LogP contribution in [0.25, 0.3) is 22.1 Å². The molecule has 29 heavy (non-hydrogen) atoms. The van der Waals surface area contributed by atoms with E-state index < -0.39 is 6.10 Å². The van der Waals surface area contributed by atoms with Crippen molar-refractivity contribution < 1.29 is 10.2 Å². The Hall–Kier alpha value is -3.35. The Morgan fingerprint density at radius 2 is 1.90 bits per heavy atom. The molecule has 0 radical (unpaired) electrons. The molecule has 1 saturated heterocycles. The molecule has 12 heteroatoms. The van der Waals surface area contributed by atoms with Crippen molar-refractivity contribution in [2.24, 2.45) is 5.92 Å². The number of aromatic amines is 4. The van der Waals surface area contributed by atoms with Gasteiger partial charge in [-0.1, -0.05) is 0 Å². The van der Waals surface area contributed by atoms with E-state index >= 15 is 0 Å². The first-order chi connectivity index (χ1) is 14.1. The molecule has 0 aliphatic carbocycles. The van der Waals surface area contributed by atoms with Crippen LogP contribution in [0.15, 0.2) is 34.6 Å². The monoisotopic (exact) mass is 400 g/mol. The highest BCUT2D eigenvalue weighted by Crippen LogP contribution is 2.21. The van der Waals surface area contributed by atoms with E-state index in [1.807, 2.05) is 0 Å². The molecule has 0 aromatic carbocycles. The minimum atomic E-state index is -0.494. The average Bonchev–Trinajstić information content (AvgIpc) is 3.43. The van der Waals surface area contributed by atoms with Gasteiger partial charge in [-0.05, 0) is 0 Å². The number of likely N-dealkylation sites (tertiary alicyclic amines) is 1. The van der Waals surface area contributed by atoms with Gasteiger partial charge in [0, 0.05) is 43.9 Å². The van der Waals surface area contributed by atoms with Crippen molar-refractivity contribution in [3.05, 3.63) is 51.3 Å². The zero-order valence-corrected chi connectivity index (χ0v) is 15.3. The Kier molecular flexibility index (Phi) is 5.20. The second-order valence-corrected chi connectivity index (χ2v) is 6.84. The molecule has 0 saturated carbocycles. The van der Waals surface area contributed by atoms with Gasteiger partial charge < -0.3 is 25.2 Å². The topological polar surface area (TPSA) is 180 Å². The molecule has 1 aliphatic heterocycles. The number of rotatable bonds is 3. The van der Waals surface area contributed by atoms with Gasteiger partial charge in [-0.25, -0.2) is 9.97 Å². The van der Waals surface area contributed by atoms with E-state index in [-0.39, 0.29) is 23.6 Å². The molecule has 1 aliphatic rings. The molecule has 1 fully saturated rings. The molecule has 0 spiro atoms. The van der Waals surface area contributed by atoms with Gasteiger partial charge in [-0.15, -0.1) is 0 Å². The van der Waals surface area contributed by atoms with Crippen LogP contribution < -0.4 is 11.1 Å². The number of aliphatic hydroxyl groups excluding tert-OH is 2. The predicted molar refractivity (Wildman–Crippen MR) is 103 cm³/mol. The van der Waals surface area contributed by atoms with Crippen LogP contribution in [0, 0.1) is 5.92 Å². The smallest absolute Gasteiger partial charge is 0.275 e. The van der Waals surface area contributed by atoms with Crippen molar-refractivity contribution in [3.8, 4) is 0 Å². The minimum absolute atomic E-state index is 0.0104. The third-order valence-electron chi connectivity index (χ3n) is 4.91. The normalized spacial score (nSPS) is 19.5. The van der Waals surface area contributed by atoms with Gasteiger partial charge in [-0.3, -0.25) is 19.6 Å². The lowest BCUT2D eigenvalue weighted by molar-refractivity contribution is 0.103. The summed E-state index contributed by atoms with van der Waals surface area (Å²) in [5.41, 5.74) is 2.21. The van der Waals surface area contributed by atoms with Crippen molar-refractivity contribution in [1.82, 2.24) is 40.0 Å². The lowest BCUT2D eigenvalue weighted by Crippen LogP contribution is -2.21. The summed E-state index contributed by atoms with van der Waals surface area (Å²) in [6.45, 7) is 1.77. The van der Waals surface area contributed by atoms with E-state index in [1.54, 1.807) is 6.20 Å². The number of nitrogens with one attached hydrogen (secondary N) is 4. The van der Waals surface area contributed by atoms with E-state index in [2.05, 4.69) is 40.0 Å². The summed E-state index contributed by atoms with van der Waals surface area (Å²) in [7, 11) is 0. The Morgan fingerprint density at radius 3 is 2.66 bits per heavy atom. The molecule has 0 amide bonds. The predicted octanol–water partition coefficient (Wildman–Crippen LogP) is -1.32. The molecular weight excluding hydrogens is 380 g/mol. The highest BCUT2D eigenvalue weighted by Gasteiger charge is 2.31. The molecule has 0 bridgehead atoms. The molecule has 152 valence electrons. The number of aliphatic hydroxyl groups is 2. The largest absolute Gasteiger partial charge is 0.396 e. The molecule has 2 atom stereocenters. The van der Waals surface area contributed by atoms with E-state index in [4.69, 9.17) is 5.11 Å². The Balaban J connectivity index is 0.000000171. The second-order valence-electron chi connectivity index (χ2n) is 6.84. The van der Waals surface area contributed by atoms with E-state index in [0.29, 0.717) is 41.7 Å². The van der Waals surface area contributed by atoms with Crippen LogP contribution >= 0.6 is 0 Å². The van der Waals surface area contributed by atoms with Crippen molar-refractivity contribution >= 4 is 22.1 Å². The summed E-state index contributed by atoms with van der Waals surface area (Å²) in [6.07, 6.45) is 5.44. The van der Waals surface area contributed by atoms with Gasteiger partial charge in [0.1, 0.15) is 10.9 Å².